The number of benzene rings is 1. The fourth-order valence-electron chi connectivity index (χ4n) is 2.58. The van der Waals surface area contributed by atoms with Crippen LogP contribution in [0.25, 0.3) is 22.2 Å². The van der Waals surface area contributed by atoms with E-state index in [4.69, 9.17) is 0 Å². The molecule has 0 saturated carbocycles. The fraction of sp³-hybridized carbons (Fsp3) is 0.125. The predicted octanol–water partition coefficient (Wildman–Crippen LogP) is 2.33. The van der Waals surface area contributed by atoms with Crippen LogP contribution in [-0.2, 0) is 10.9 Å². The largest absolute Gasteiger partial charge is 0.307 e. The molecule has 0 aliphatic heterocycles. The molecular weight excluding hydrogens is 369 g/mol. The molecule has 2 heterocycles. The summed E-state index contributed by atoms with van der Waals surface area (Å²) in [4.78, 5) is 18.1. The minimum absolute atomic E-state index is 0. The van der Waals surface area contributed by atoms with Gasteiger partial charge in [0.05, 0.1) is 0 Å². The minimum atomic E-state index is -2.81. The minimum Gasteiger partial charge on any atom is -0.307 e. The summed E-state index contributed by atoms with van der Waals surface area (Å²) < 4.78 is 38.1. The smallest absolute Gasteiger partial charge is 0.249 e. The van der Waals surface area contributed by atoms with Gasteiger partial charge < -0.3 is 4.98 Å². The number of pyridine rings is 2. The highest BCUT2D eigenvalue weighted by Gasteiger charge is 2.13. The third-order valence-electron chi connectivity index (χ3n) is 3.71. The molecule has 2 N–H and O–H groups in total. The van der Waals surface area contributed by atoms with Crippen LogP contribution in [0.4, 0.5) is 4.39 Å². The summed E-state index contributed by atoms with van der Waals surface area (Å²) in [6.45, 7) is 1.57. The number of thiol groups is 1. The summed E-state index contributed by atoms with van der Waals surface area (Å²) >= 11 is 0. The van der Waals surface area contributed by atoms with Crippen LogP contribution in [-0.4, -0.2) is 18.4 Å². The highest BCUT2D eigenvalue weighted by Crippen LogP contribution is 2.28. The van der Waals surface area contributed by atoms with Crippen LogP contribution in [0.5, 0.6) is 0 Å². The molecule has 0 radical (unpaired) electrons. The number of hydrogen-bond donors (Lipinski definition) is 3. The first kappa shape index (κ1) is 19.0. The zero-order valence-corrected chi connectivity index (χ0v) is 14.7. The second kappa shape index (κ2) is 7.73. The molecule has 132 valence electrons. The monoisotopic (exact) mass is 383 g/mol. The van der Waals surface area contributed by atoms with Gasteiger partial charge in [-0.1, -0.05) is 12.1 Å². The molecule has 2 aromatic heterocycles. The molecule has 25 heavy (non-hydrogen) atoms. The molecule has 3 aromatic rings. The number of hydrogen-bond acceptors (Lipinski definition) is 4. The standard InChI is InChI=1S/C16H14FN3O3S.ClH/c1-9(20-24(22)23)11-3-2-10(8-14(11)17)12-6-7-18-16-13(12)4-5-15(21)19-16;/h2-9,24H,1H3,(H,18,19,21)(H,20,22,23);1H. The van der Waals surface area contributed by atoms with E-state index < -0.39 is 22.7 Å². The summed E-state index contributed by atoms with van der Waals surface area (Å²) in [6.07, 6.45) is 1.53. The molecular formula is C16H15ClFN3O3S. The van der Waals surface area contributed by atoms with Crippen LogP contribution in [0.15, 0.2) is 47.4 Å². The Balaban J connectivity index is 0.00000225. The van der Waals surface area contributed by atoms with Gasteiger partial charge in [0.2, 0.25) is 16.4 Å². The quantitative estimate of drug-likeness (QED) is 0.603. The molecule has 0 aliphatic rings. The summed E-state index contributed by atoms with van der Waals surface area (Å²) in [5.74, 6) is -0.515. The normalized spacial score (nSPS) is 12.1. The summed E-state index contributed by atoms with van der Waals surface area (Å²) in [7, 11) is -2.81. The number of aromatic nitrogens is 2. The van der Waals surface area contributed by atoms with Gasteiger partial charge in [0.1, 0.15) is 11.5 Å². The number of halogens is 2. The topological polar surface area (TPSA) is 91.9 Å². The summed E-state index contributed by atoms with van der Waals surface area (Å²) in [6, 6.07) is 8.67. The van der Waals surface area contributed by atoms with Gasteiger partial charge in [-0.15, -0.1) is 12.4 Å². The van der Waals surface area contributed by atoms with Crippen molar-refractivity contribution in [1.29, 1.82) is 0 Å². The van der Waals surface area contributed by atoms with Gasteiger partial charge >= 0.3 is 0 Å². The maximum atomic E-state index is 14.4. The predicted molar refractivity (Wildman–Crippen MR) is 96.9 cm³/mol. The van der Waals surface area contributed by atoms with Crippen LogP contribution in [0.2, 0.25) is 0 Å². The Morgan fingerprint density at radius 3 is 2.64 bits per heavy atom. The Bertz CT molecular complexity index is 1040. The van der Waals surface area contributed by atoms with E-state index in [2.05, 4.69) is 14.7 Å². The molecule has 0 aliphatic carbocycles. The SMILES string of the molecule is CC(N[SH](=O)=O)c1ccc(-c2ccnc3[nH]c(=O)ccc23)cc1F.Cl. The molecule has 6 nitrogen and oxygen atoms in total. The van der Waals surface area contributed by atoms with E-state index in [0.717, 1.165) is 5.56 Å². The highest BCUT2D eigenvalue weighted by molar-refractivity contribution is 7.70. The fourth-order valence-corrected chi connectivity index (χ4v) is 3.04. The lowest BCUT2D eigenvalue weighted by Gasteiger charge is -2.13. The zero-order valence-electron chi connectivity index (χ0n) is 13.0. The molecule has 0 spiro atoms. The van der Waals surface area contributed by atoms with Crippen molar-refractivity contribution < 1.29 is 12.8 Å². The van der Waals surface area contributed by atoms with E-state index in [1.807, 2.05) is 0 Å². The first-order valence-corrected chi connectivity index (χ1v) is 8.32. The van der Waals surface area contributed by atoms with Crippen LogP contribution in [0.1, 0.15) is 18.5 Å². The summed E-state index contributed by atoms with van der Waals surface area (Å²) in [5, 5.41) is 0.693. The first-order chi connectivity index (χ1) is 11.5. The van der Waals surface area contributed by atoms with Crippen LogP contribution in [0, 0.1) is 5.82 Å². The number of nitrogens with zero attached hydrogens (tertiary/aromatic N) is 1. The Hall–Kier alpha value is -2.29. The van der Waals surface area contributed by atoms with Gasteiger partial charge in [0.15, 0.2) is 0 Å². The van der Waals surface area contributed by atoms with Gasteiger partial charge in [-0.05, 0) is 36.2 Å². The number of nitrogens with one attached hydrogen (secondary N) is 2. The molecule has 0 bridgehead atoms. The van der Waals surface area contributed by atoms with Gasteiger partial charge in [-0.2, -0.15) is 0 Å². The molecule has 1 atom stereocenters. The van der Waals surface area contributed by atoms with Gasteiger partial charge in [0.25, 0.3) is 0 Å². The average Bonchev–Trinajstić information content (AvgIpc) is 2.53. The van der Waals surface area contributed by atoms with E-state index in [1.165, 1.54) is 18.3 Å². The Kier molecular flexibility index (Phi) is 5.89. The molecule has 9 heteroatoms. The highest BCUT2D eigenvalue weighted by atomic mass is 35.5. The number of rotatable bonds is 4. The van der Waals surface area contributed by atoms with Crippen LogP contribution < -0.4 is 10.3 Å². The van der Waals surface area contributed by atoms with Crippen molar-refractivity contribution in [2.24, 2.45) is 0 Å². The molecule has 0 amide bonds. The number of H-pyrrole nitrogens is 1. The Morgan fingerprint density at radius 2 is 1.96 bits per heavy atom. The van der Waals surface area contributed by atoms with E-state index >= 15 is 0 Å². The molecule has 1 unspecified atom stereocenters. The van der Waals surface area contributed by atoms with Crippen molar-refractivity contribution in [2.75, 3.05) is 0 Å². The van der Waals surface area contributed by atoms with Crippen molar-refractivity contribution in [3.63, 3.8) is 0 Å². The van der Waals surface area contributed by atoms with Crippen molar-refractivity contribution in [3.8, 4) is 11.1 Å². The number of fused-ring (bicyclic) bond motifs is 1. The second-order valence-corrected chi connectivity index (χ2v) is 6.06. The lowest BCUT2D eigenvalue weighted by Crippen LogP contribution is -2.17. The maximum Gasteiger partial charge on any atom is 0.249 e. The molecule has 1 aromatic carbocycles. The van der Waals surface area contributed by atoms with Crippen molar-refractivity contribution in [1.82, 2.24) is 14.7 Å². The molecule has 0 fully saturated rings. The third kappa shape index (κ3) is 4.04. The average molecular weight is 384 g/mol. The lowest BCUT2D eigenvalue weighted by atomic mass is 9.99. The maximum absolute atomic E-state index is 14.4. The van der Waals surface area contributed by atoms with Crippen molar-refractivity contribution >= 4 is 34.3 Å². The van der Waals surface area contributed by atoms with Gasteiger partial charge in [-0.3, -0.25) is 4.79 Å². The Morgan fingerprint density at radius 1 is 1.20 bits per heavy atom. The van der Waals surface area contributed by atoms with Crippen LogP contribution in [0.3, 0.4) is 0 Å². The third-order valence-corrected chi connectivity index (χ3v) is 4.31. The van der Waals surface area contributed by atoms with E-state index in [1.54, 1.807) is 31.2 Å². The van der Waals surface area contributed by atoms with Crippen molar-refractivity contribution in [3.05, 3.63) is 64.3 Å². The van der Waals surface area contributed by atoms with E-state index in [0.29, 0.717) is 16.6 Å². The Labute approximate surface area is 150 Å². The number of aromatic amines is 1. The van der Waals surface area contributed by atoms with E-state index in [9.17, 15) is 17.6 Å². The lowest BCUT2D eigenvalue weighted by molar-refractivity contribution is 0.563. The summed E-state index contributed by atoms with van der Waals surface area (Å²) in [5.41, 5.74) is 1.74. The van der Waals surface area contributed by atoms with E-state index in [-0.39, 0.29) is 23.5 Å². The first-order valence-electron chi connectivity index (χ1n) is 7.14. The van der Waals surface area contributed by atoms with Gasteiger partial charge in [-0.25, -0.2) is 22.5 Å². The zero-order chi connectivity index (χ0) is 17.3. The molecule has 3 rings (SSSR count). The van der Waals surface area contributed by atoms with Crippen LogP contribution >= 0.6 is 12.4 Å². The van der Waals surface area contributed by atoms with Crippen molar-refractivity contribution in [2.45, 2.75) is 13.0 Å². The second-order valence-electron chi connectivity index (χ2n) is 5.29. The van der Waals surface area contributed by atoms with Gasteiger partial charge in [0, 0.05) is 29.3 Å². The molecule has 0 saturated heterocycles.